The number of benzene rings is 2. The van der Waals surface area contributed by atoms with Crippen molar-refractivity contribution in [2.75, 3.05) is 24.4 Å². The minimum atomic E-state index is -3.74. The van der Waals surface area contributed by atoms with E-state index >= 15 is 0 Å². The van der Waals surface area contributed by atoms with Crippen LogP contribution >= 0.6 is 34.5 Å². The van der Waals surface area contributed by atoms with E-state index in [0.29, 0.717) is 35.1 Å². The van der Waals surface area contributed by atoms with E-state index in [4.69, 9.17) is 27.9 Å². The molecule has 174 valence electrons. The number of hydrogen-bond acceptors (Lipinski definition) is 7. The normalized spacial score (nSPS) is 12.7. The average Bonchev–Trinajstić information content (AvgIpc) is 3.46. The van der Waals surface area contributed by atoms with Gasteiger partial charge in [-0.15, -0.1) is 11.3 Å². The fourth-order valence-electron chi connectivity index (χ4n) is 3.09. The van der Waals surface area contributed by atoms with E-state index in [2.05, 4.69) is 20.2 Å². The number of H-pyrrole nitrogens is 1. The van der Waals surface area contributed by atoms with Gasteiger partial charge in [0.05, 0.1) is 22.3 Å². The molecule has 0 bridgehead atoms. The predicted molar refractivity (Wildman–Crippen MR) is 131 cm³/mol. The van der Waals surface area contributed by atoms with E-state index in [1.54, 1.807) is 29.6 Å². The number of aliphatic hydroxyl groups is 1. The van der Waals surface area contributed by atoms with Gasteiger partial charge in [0.15, 0.2) is 0 Å². The summed E-state index contributed by atoms with van der Waals surface area (Å²) in [7, 11) is -3.74. The summed E-state index contributed by atoms with van der Waals surface area (Å²) in [6.45, 7) is 1.11. The highest BCUT2D eigenvalue weighted by atomic mass is 35.5. The van der Waals surface area contributed by atoms with Crippen molar-refractivity contribution in [2.45, 2.75) is 10.3 Å². The van der Waals surface area contributed by atoms with Crippen molar-refractivity contribution in [2.24, 2.45) is 0 Å². The smallest absolute Gasteiger partial charge is 0.271 e. The topological polar surface area (TPSA) is 116 Å². The number of fused-ring (bicyclic) bond motifs is 1. The van der Waals surface area contributed by atoms with Gasteiger partial charge in [0.2, 0.25) is 0 Å². The maximum atomic E-state index is 12.5. The molecule has 33 heavy (non-hydrogen) atoms. The summed E-state index contributed by atoms with van der Waals surface area (Å²) >= 11 is 13.3. The van der Waals surface area contributed by atoms with Crippen LogP contribution in [0.5, 0.6) is 5.75 Å². The van der Waals surface area contributed by atoms with Gasteiger partial charge in [-0.05, 0) is 41.3 Å². The molecule has 2 heterocycles. The molecule has 0 aliphatic heterocycles. The minimum Gasteiger partial charge on any atom is -0.492 e. The van der Waals surface area contributed by atoms with Crippen molar-refractivity contribution < 1.29 is 18.3 Å². The molecular weight excluding hydrogens is 507 g/mol. The van der Waals surface area contributed by atoms with Crippen molar-refractivity contribution in [3.8, 4) is 5.75 Å². The Kier molecular flexibility index (Phi) is 7.42. The zero-order chi connectivity index (χ0) is 23.4. The van der Waals surface area contributed by atoms with E-state index in [1.165, 1.54) is 12.1 Å². The van der Waals surface area contributed by atoms with Crippen LogP contribution in [0.4, 0.5) is 5.69 Å². The molecule has 0 aliphatic rings. The lowest BCUT2D eigenvalue weighted by Crippen LogP contribution is -2.26. The van der Waals surface area contributed by atoms with Gasteiger partial charge in [-0.25, -0.2) is 8.42 Å². The molecule has 0 aliphatic carbocycles. The second-order valence-electron chi connectivity index (χ2n) is 7.06. The van der Waals surface area contributed by atoms with Crippen LogP contribution in [0.1, 0.15) is 11.7 Å². The lowest BCUT2D eigenvalue weighted by atomic mass is 10.1. The second kappa shape index (κ2) is 10.3. The van der Waals surface area contributed by atoms with Gasteiger partial charge in [0, 0.05) is 24.5 Å². The number of thiophene rings is 1. The molecule has 4 rings (SSSR count). The number of sulfonamides is 1. The first kappa shape index (κ1) is 23.8. The van der Waals surface area contributed by atoms with Crippen LogP contribution in [0.25, 0.3) is 10.9 Å². The van der Waals surface area contributed by atoms with E-state index in [0.717, 1.165) is 16.7 Å². The first-order valence-corrected chi connectivity index (χ1v) is 13.0. The SMILES string of the molecule is O=S(=O)(Nc1cc(C(O)CNCCOc2ccc3c(Cl)[nH]nc3c2)ccc1Cl)c1cccs1. The van der Waals surface area contributed by atoms with Crippen molar-refractivity contribution >= 4 is 61.2 Å². The molecule has 0 fully saturated rings. The Labute approximate surface area is 204 Å². The number of hydrogen-bond donors (Lipinski definition) is 4. The van der Waals surface area contributed by atoms with Crippen molar-refractivity contribution in [3.63, 3.8) is 0 Å². The summed E-state index contributed by atoms with van der Waals surface area (Å²) in [5.74, 6) is 0.661. The molecule has 0 saturated heterocycles. The van der Waals surface area contributed by atoms with Crippen molar-refractivity contribution in [1.82, 2.24) is 15.5 Å². The third-order valence-electron chi connectivity index (χ3n) is 4.74. The first-order valence-electron chi connectivity index (χ1n) is 9.84. The lowest BCUT2D eigenvalue weighted by molar-refractivity contribution is 0.172. The number of ether oxygens (including phenoxy) is 1. The van der Waals surface area contributed by atoms with E-state index in [-0.39, 0.29) is 21.5 Å². The monoisotopic (exact) mass is 526 g/mol. The highest BCUT2D eigenvalue weighted by molar-refractivity contribution is 7.94. The zero-order valence-electron chi connectivity index (χ0n) is 17.1. The van der Waals surface area contributed by atoms with Crippen molar-refractivity contribution in [1.29, 1.82) is 0 Å². The molecule has 4 aromatic rings. The Hall–Kier alpha value is -2.34. The maximum Gasteiger partial charge on any atom is 0.271 e. The van der Waals surface area contributed by atoms with Gasteiger partial charge in [0.1, 0.15) is 21.7 Å². The molecule has 0 amide bonds. The molecule has 2 aromatic heterocycles. The Bertz CT molecular complexity index is 1340. The number of nitrogens with one attached hydrogen (secondary N) is 3. The highest BCUT2D eigenvalue weighted by Gasteiger charge is 2.18. The Morgan fingerprint density at radius 2 is 2.03 bits per heavy atom. The van der Waals surface area contributed by atoms with E-state index < -0.39 is 16.1 Å². The zero-order valence-corrected chi connectivity index (χ0v) is 20.2. The number of halogens is 2. The van der Waals surface area contributed by atoms with Gasteiger partial charge < -0.3 is 15.2 Å². The summed E-state index contributed by atoms with van der Waals surface area (Å²) in [5, 5.41) is 23.6. The molecule has 1 unspecified atom stereocenters. The minimum absolute atomic E-state index is 0.181. The number of anilines is 1. The molecule has 1 atom stereocenters. The van der Waals surface area contributed by atoms with Crippen LogP contribution < -0.4 is 14.8 Å². The number of aromatic nitrogens is 2. The maximum absolute atomic E-state index is 12.5. The first-order chi connectivity index (χ1) is 15.8. The lowest BCUT2D eigenvalue weighted by Gasteiger charge is -2.15. The van der Waals surface area contributed by atoms with Crippen LogP contribution in [-0.4, -0.2) is 43.4 Å². The van der Waals surface area contributed by atoms with Crippen molar-refractivity contribution in [3.05, 3.63) is 69.7 Å². The largest absolute Gasteiger partial charge is 0.492 e. The summed E-state index contributed by atoms with van der Waals surface area (Å²) in [4.78, 5) is 0. The third kappa shape index (κ3) is 5.78. The van der Waals surface area contributed by atoms with Crippen LogP contribution in [0.2, 0.25) is 10.2 Å². The summed E-state index contributed by atoms with van der Waals surface area (Å²) in [5.41, 5.74) is 1.45. The van der Waals surface area contributed by atoms with Gasteiger partial charge >= 0.3 is 0 Å². The van der Waals surface area contributed by atoms with E-state index in [9.17, 15) is 13.5 Å². The molecular formula is C21H20Cl2N4O4S2. The van der Waals surface area contributed by atoms with Gasteiger partial charge in [0.25, 0.3) is 10.0 Å². The Morgan fingerprint density at radius 1 is 1.18 bits per heavy atom. The molecule has 2 aromatic carbocycles. The van der Waals surface area contributed by atoms with Gasteiger partial charge in [-0.2, -0.15) is 5.10 Å². The molecule has 8 nitrogen and oxygen atoms in total. The Balaban J connectivity index is 1.29. The molecule has 0 saturated carbocycles. The summed E-state index contributed by atoms with van der Waals surface area (Å²) in [6.07, 6.45) is -0.866. The predicted octanol–water partition coefficient (Wildman–Crippen LogP) is 4.43. The highest BCUT2D eigenvalue weighted by Crippen LogP contribution is 2.29. The molecule has 0 radical (unpaired) electrons. The second-order valence-corrected chi connectivity index (χ2v) is 10.7. The van der Waals surface area contributed by atoms with E-state index in [1.807, 2.05) is 12.1 Å². The van der Waals surface area contributed by atoms with Crippen LogP contribution in [-0.2, 0) is 10.0 Å². The summed E-state index contributed by atoms with van der Waals surface area (Å²) < 4.78 is 33.3. The number of aromatic amines is 1. The number of nitrogens with zero attached hydrogens (tertiary/aromatic N) is 1. The molecule has 0 spiro atoms. The molecule has 4 N–H and O–H groups in total. The van der Waals surface area contributed by atoms with Gasteiger partial charge in [-0.3, -0.25) is 9.82 Å². The summed E-state index contributed by atoms with van der Waals surface area (Å²) in [6, 6.07) is 13.3. The van der Waals surface area contributed by atoms with Crippen LogP contribution in [0.3, 0.4) is 0 Å². The van der Waals surface area contributed by atoms with Gasteiger partial charge in [-0.1, -0.05) is 35.3 Å². The number of aliphatic hydroxyl groups excluding tert-OH is 1. The third-order valence-corrected chi connectivity index (χ3v) is 8.13. The van der Waals surface area contributed by atoms with Crippen LogP contribution in [0.15, 0.2) is 58.1 Å². The number of rotatable bonds is 10. The molecule has 12 heteroatoms. The Morgan fingerprint density at radius 3 is 2.82 bits per heavy atom. The fourth-order valence-corrected chi connectivity index (χ4v) is 5.57. The quantitative estimate of drug-likeness (QED) is 0.227. The van der Waals surface area contributed by atoms with Crippen LogP contribution in [0, 0.1) is 0 Å². The fraction of sp³-hybridized carbons (Fsp3) is 0.190. The average molecular weight is 527 g/mol. The standard InChI is InChI=1S/C21H20Cl2N4O4S2/c22-16-6-3-13(10-18(16)27-33(29,30)20-2-1-9-32-20)19(28)12-24-7-8-31-14-4-5-15-17(11-14)25-26-21(15)23/h1-6,9-11,19,24,27-28H,7-8,12H2,(H,25,26).